The number of unbranched alkanes of at least 4 members (excludes halogenated alkanes) is 10. The molecule has 0 N–H and O–H groups in total. The number of rotatable bonds is 17. The van der Waals surface area contributed by atoms with Crippen molar-refractivity contribution in [1.29, 1.82) is 0 Å². The average molecular weight is 383 g/mol. The maximum atomic E-state index is 11.7. The lowest BCUT2D eigenvalue weighted by atomic mass is 10.1. The Kier molecular flexibility index (Phi) is 17.2. The highest BCUT2D eigenvalue weighted by Gasteiger charge is 2.14. The topological polar surface area (TPSA) is 52.6 Å². The first-order valence-corrected chi connectivity index (χ1v) is 11.1. The lowest BCUT2D eigenvalue weighted by Crippen LogP contribution is -2.21. The summed E-state index contributed by atoms with van der Waals surface area (Å²) in [5.41, 5.74) is 0. The fraction of sp³-hybridized carbons (Fsp3) is 0.826. The van der Waals surface area contributed by atoms with Crippen LogP contribution in [0.4, 0.5) is 0 Å². The van der Waals surface area contributed by atoms with Crippen molar-refractivity contribution in [3.63, 3.8) is 0 Å². The second-order valence-corrected chi connectivity index (χ2v) is 7.66. The summed E-state index contributed by atoms with van der Waals surface area (Å²) in [5.74, 6) is -0.695. The van der Waals surface area contributed by atoms with Crippen LogP contribution in [0.3, 0.4) is 0 Å². The van der Waals surface area contributed by atoms with Crippen LogP contribution in [-0.2, 0) is 19.1 Å². The van der Waals surface area contributed by atoms with Gasteiger partial charge in [-0.25, -0.2) is 9.59 Å². The molecule has 0 radical (unpaired) electrons. The minimum atomic E-state index is -0.484. The van der Waals surface area contributed by atoms with Crippen molar-refractivity contribution in [2.75, 3.05) is 6.61 Å². The molecule has 0 saturated carbocycles. The zero-order valence-electron chi connectivity index (χ0n) is 18.1. The molecule has 1 unspecified atom stereocenters. The predicted octanol–water partition coefficient (Wildman–Crippen LogP) is 6.37. The Labute approximate surface area is 167 Å². The largest absolute Gasteiger partial charge is 0.463 e. The molecule has 158 valence electrons. The van der Waals surface area contributed by atoms with Gasteiger partial charge in [0.05, 0.1) is 6.61 Å². The van der Waals surface area contributed by atoms with Gasteiger partial charge in [0.15, 0.2) is 0 Å². The molecule has 0 fully saturated rings. The maximum Gasteiger partial charge on any atom is 0.331 e. The highest BCUT2D eigenvalue weighted by atomic mass is 16.5. The summed E-state index contributed by atoms with van der Waals surface area (Å²) < 4.78 is 10.4. The first-order valence-electron chi connectivity index (χ1n) is 11.1. The minimum absolute atomic E-state index is 0.116. The number of carbonyl (C=O) groups excluding carboxylic acids is 2. The van der Waals surface area contributed by atoms with Crippen LogP contribution in [0, 0.1) is 5.92 Å². The van der Waals surface area contributed by atoms with Crippen molar-refractivity contribution in [2.45, 2.75) is 111 Å². The van der Waals surface area contributed by atoms with Gasteiger partial charge in [-0.05, 0) is 18.8 Å². The van der Waals surface area contributed by atoms with Crippen LogP contribution in [0.1, 0.15) is 105 Å². The molecule has 0 saturated heterocycles. The van der Waals surface area contributed by atoms with Crippen LogP contribution in [0.15, 0.2) is 12.2 Å². The van der Waals surface area contributed by atoms with E-state index in [0.29, 0.717) is 6.61 Å². The summed E-state index contributed by atoms with van der Waals surface area (Å²) in [6.45, 7) is 8.65. The molecular formula is C23H42O4. The summed E-state index contributed by atoms with van der Waals surface area (Å²) in [7, 11) is 0. The van der Waals surface area contributed by atoms with Gasteiger partial charge in [0, 0.05) is 12.2 Å². The molecule has 1 atom stereocenters. The Bertz CT molecular complexity index is 401. The number of carbonyl (C=O) groups is 2. The van der Waals surface area contributed by atoms with Gasteiger partial charge in [-0.3, -0.25) is 0 Å². The quantitative estimate of drug-likeness (QED) is 0.166. The Morgan fingerprint density at radius 3 is 1.70 bits per heavy atom. The van der Waals surface area contributed by atoms with Crippen LogP contribution in [-0.4, -0.2) is 24.6 Å². The molecular weight excluding hydrogens is 340 g/mol. The zero-order chi connectivity index (χ0) is 20.3. The Morgan fingerprint density at radius 2 is 1.22 bits per heavy atom. The third-order valence-corrected chi connectivity index (χ3v) is 4.76. The first kappa shape index (κ1) is 25.7. The molecule has 0 rings (SSSR count). The molecule has 0 spiro atoms. The van der Waals surface area contributed by atoms with E-state index in [9.17, 15) is 9.59 Å². The molecule has 0 aliphatic carbocycles. The van der Waals surface area contributed by atoms with E-state index < -0.39 is 11.9 Å². The van der Waals surface area contributed by atoms with Crippen molar-refractivity contribution in [1.82, 2.24) is 0 Å². The highest BCUT2D eigenvalue weighted by molar-refractivity contribution is 5.91. The summed E-state index contributed by atoms with van der Waals surface area (Å²) >= 11 is 0. The standard InChI is InChI=1S/C23H42O4/c1-5-7-8-9-10-11-12-13-14-15-16-19-26-22(24)17-18-23(25)27-21(6-2)20(3)4/h17-18,20-21H,5-16,19H2,1-4H3/b18-17+. The van der Waals surface area contributed by atoms with Gasteiger partial charge < -0.3 is 9.47 Å². The minimum Gasteiger partial charge on any atom is -0.463 e. The fourth-order valence-electron chi connectivity index (χ4n) is 3.00. The molecule has 0 aliphatic rings. The van der Waals surface area contributed by atoms with Gasteiger partial charge in [0.1, 0.15) is 6.10 Å². The predicted molar refractivity (Wildman–Crippen MR) is 112 cm³/mol. The van der Waals surface area contributed by atoms with E-state index in [0.717, 1.165) is 31.4 Å². The molecule has 27 heavy (non-hydrogen) atoms. The van der Waals surface area contributed by atoms with Gasteiger partial charge in [-0.1, -0.05) is 91.9 Å². The lowest BCUT2D eigenvalue weighted by molar-refractivity contribution is -0.146. The van der Waals surface area contributed by atoms with Crippen molar-refractivity contribution in [3.8, 4) is 0 Å². The van der Waals surface area contributed by atoms with E-state index in [4.69, 9.17) is 9.47 Å². The first-order chi connectivity index (χ1) is 13.0. The van der Waals surface area contributed by atoms with Gasteiger partial charge >= 0.3 is 11.9 Å². The van der Waals surface area contributed by atoms with Crippen molar-refractivity contribution in [2.24, 2.45) is 5.92 Å². The Hall–Kier alpha value is -1.32. The molecule has 0 aromatic heterocycles. The normalized spacial score (nSPS) is 12.5. The van der Waals surface area contributed by atoms with Crippen molar-refractivity contribution >= 4 is 11.9 Å². The monoisotopic (exact) mass is 382 g/mol. The van der Waals surface area contributed by atoms with E-state index in [1.54, 1.807) is 0 Å². The Balaban J connectivity index is 3.57. The number of hydrogen-bond acceptors (Lipinski definition) is 4. The second-order valence-electron chi connectivity index (χ2n) is 7.66. The molecule has 0 bridgehead atoms. The van der Waals surface area contributed by atoms with Crippen LogP contribution in [0.5, 0.6) is 0 Å². The van der Waals surface area contributed by atoms with Crippen LogP contribution >= 0.6 is 0 Å². The molecule has 0 aliphatic heterocycles. The average Bonchev–Trinajstić information content (AvgIpc) is 2.65. The molecule has 0 aromatic carbocycles. The fourth-order valence-corrected chi connectivity index (χ4v) is 3.00. The van der Waals surface area contributed by atoms with Crippen LogP contribution < -0.4 is 0 Å². The van der Waals surface area contributed by atoms with E-state index in [2.05, 4.69) is 6.92 Å². The summed E-state index contributed by atoms with van der Waals surface area (Å²) in [4.78, 5) is 23.3. The summed E-state index contributed by atoms with van der Waals surface area (Å²) in [5, 5.41) is 0. The van der Waals surface area contributed by atoms with E-state index in [1.165, 1.54) is 57.8 Å². The third-order valence-electron chi connectivity index (χ3n) is 4.76. The van der Waals surface area contributed by atoms with Crippen molar-refractivity contribution < 1.29 is 19.1 Å². The molecule has 4 heteroatoms. The van der Waals surface area contributed by atoms with E-state index in [-0.39, 0.29) is 12.0 Å². The number of hydrogen-bond donors (Lipinski definition) is 0. The van der Waals surface area contributed by atoms with Gasteiger partial charge in [0.2, 0.25) is 0 Å². The van der Waals surface area contributed by atoms with Crippen molar-refractivity contribution in [3.05, 3.63) is 12.2 Å². The number of esters is 2. The maximum absolute atomic E-state index is 11.7. The third kappa shape index (κ3) is 16.6. The lowest BCUT2D eigenvalue weighted by Gasteiger charge is -2.18. The SMILES string of the molecule is CCCCCCCCCCCCCOC(=O)/C=C/C(=O)OC(CC)C(C)C. The smallest absolute Gasteiger partial charge is 0.331 e. The summed E-state index contributed by atoms with van der Waals surface area (Å²) in [6.07, 6.45) is 16.8. The van der Waals surface area contributed by atoms with E-state index >= 15 is 0 Å². The Morgan fingerprint density at radius 1 is 0.741 bits per heavy atom. The second kappa shape index (κ2) is 18.1. The highest BCUT2D eigenvalue weighted by Crippen LogP contribution is 2.12. The summed E-state index contributed by atoms with van der Waals surface area (Å²) in [6, 6.07) is 0. The van der Waals surface area contributed by atoms with Gasteiger partial charge in [-0.2, -0.15) is 0 Å². The number of ether oxygens (including phenoxy) is 2. The molecule has 4 nitrogen and oxygen atoms in total. The molecule has 0 amide bonds. The molecule has 0 heterocycles. The van der Waals surface area contributed by atoms with E-state index in [1.807, 2.05) is 20.8 Å². The van der Waals surface area contributed by atoms with Gasteiger partial charge in [0.25, 0.3) is 0 Å². The van der Waals surface area contributed by atoms with Gasteiger partial charge in [-0.15, -0.1) is 0 Å². The zero-order valence-corrected chi connectivity index (χ0v) is 18.1. The molecule has 0 aromatic rings. The van der Waals surface area contributed by atoms with Crippen LogP contribution in [0.2, 0.25) is 0 Å². The van der Waals surface area contributed by atoms with Crippen LogP contribution in [0.25, 0.3) is 0 Å².